The summed E-state index contributed by atoms with van der Waals surface area (Å²) in [6, 6.07) is 3.48. The maximum atomic E-state index is 13.5. The minimum Gasteiger partial charge on any atom is -0.480 e. The Kier molecular flexibility index (Phi) is 1.80. The van der Waals surface area contributed by atoms with Gasteiger partial charge in [0.1, 0.15) is 6.04 Å². The molecule has 0 spiro atoms. The normalized spacial score (nSPS) is 52.1. The highest BCUT2D eigenvalue weighted by Gasteiger charge is 2.30. The smallest absolute Gasteiger partial charge is 0.326 e. The second-order valence-electron chi connectivity index (χ2n) is 4.38. The van der Waals surface area contributed by atoms with Crippen molar-refractivity contribution in [3.05, 3.63) is 35.9 Å². The molecule has 1 saturated carbocycles. The van der Waals surface area contributed by atoms with E-state index >= 15 is 0 Å². The largest absolute Gasteiger partial charge is 0.480 e. The third kappa shape index (κ3) is 5.08. The summed E-state index contributed by atoms with van der Waals surface area (Å²) in [6.07, 6.45) is -21.5. The van der Waals surface area contributed by atoms with Crippen LogP contribution in [0.2, 0.25) is 0 Å². The molecule has 23 heavy (non-hydrogen) atoms. The van der Waals surface area contributed by atoms with Gasteiger partial charge in [0.25, 0.3) is 0 Å². The maximum absolute atomic E-state index is 13.5. The molecule has 1 aromatic rings. The fourth-order valence-electron chi connectivity index (χ4n) is 1.61. The third-order valence-corrected chi connectivity index (χ3v) is 2.71. The molecular formula is C19H27NO3. The first-order valence-electron chi connectivity index (χ1n) is 15.9. The number of nitrogens with one attached hydrogen (secondary N) is 1. The lowest BCUT2D eigenvalue weighted by Crippen LogP contribution is -2.45. The van der Waals surface area contributed by atoms with Crippen molar-refractivity contribution in [3.8, 4) is 0 Å². The predicted molar refractivity (Wildman–Crippen MR) is 90.0 cm³/mol. The lowest BCUT2D eigenvalue weighted by atomic mass is 9.76. The lowest BCUT2D eigenvalue weighted by Gasteiger charge is -2.30. The third-order valence-electron chi connectivity index (χ3n) is 2.71. The molecule has 1 atom stereocenters. The summed E-state index contributed by atoms with van der Waals surface area (Å²) >= 11 is 0. The maximum Gasteiger partial charge on any atom is 0.326 e. The van der Waals surface area contributed by atoms with E-state index in [0.29, 0.717) is 0 Å². The lowest BCUT2D eigenvalue weighted by molar-refractivity contribution is -0.142. The van der Waals surface area contributed by atoms with Gasteiger partial charge >= 0.3 is 5.97 Å². The number of amides is 1. The van der Waals surface area contributed by atoms with Gasteiger partial charge in [-0.15, -0.1) is 0 Å². The summed E-state index contributed by atoms with van der Waals surface area (Å²) in [6.45, 7) is -8.62. The number of aliphatic carboxylic acids is 1. The summed E-state index contributed by atoms with van der Waals surface area (Å²) in [4.78, 5) is 25.5. The van der Waals surface area contributed by atoms with Gasteiger partial charge in [0, 0.05) is 38.3 Å². The monoisotopic (exact) mass is 336 g/mol. The van der Waals surface area contributed by atoms with Crippen LogP contribution in [0.5, 0.6) is 0 Å². The Balaban J connectivity index is 2.93. The number of carboxylic acids is 1. The second kappa shape index (κ2) is 8.14. The zero-order valence-corrected chi connectivity index (χ0v) is 11.7. The van der Waals surface area contributed by atoms with Crippen molar-refractivity contribution < 1.29 is 40.7 Å². The molecule has 0 aromatic heterocycles. The van der Waals surface area contributed by atoms with Crippen LogP contribution in [0.25, 0.3) is 0 Å². The van der Waals surface area contributed by atoms with Gasteiger partial charge in [-0.25, -0.2) is 4.79 Å². The van der Waals surface area contributed by atoms with Gasteiger partial charge < -0.3 is 10.4 Å². The van der Waals surface area contributed by atoms with Gasteiger partial charge in [0.2, 0.25) is 5.91 Å². The number of benzene rings is 1. The highest BCUT2D eigenvalue weighted by Crippen LogP contribution is 2.33. The van der Waals surface area contributed by atoms with Crippen LogP contribution < -0.4 is 5.32 Å². The van der Waals surface area contributed by atoms with Crippen LogP contribution >= 0.6 is 0 Å². The number of hydrogen-bond donors (Lipinski definition) is 2. The first-order chi connectivity index (χ1) is 18.3. The van der Waals surface area contributed by atoms with Gasteiger partial charge in [-0.1, -0.05) is 44.0 Å². The van der Waals surface area contributed by atoms with Crippen LogP contribution in [0, 0.1) is 17.7 Å². The Labute approximate surface area is 165 Å². The molecule has 1 aromatic carbocycles. The summed E-state index contributed by atoms with van der Waals surface area (Å²) in [5, 5.41) is 11.1. The average molecular weight is 337 g/mol. The van der Waals surface area contributed by atoms with E-state index in [1.807, 2.05) is 0 Å². The Morgan fingerprint density at radius 3 is 2.61 bits per heavy atom. The van der Waals surface area contributed by atoms with Crippen molar-refractivity contribution in [2.75, 3.05) is 0 Å². The number of carbonyl (C=O) groups is 2. The summed E-state index contributed by atoms with van der Waals surface area (Å²) in [5.41, 5.74) is -0.364. The Hall–Kier alpha value is -1.84. The predicted octanol–water partition coefficient (Wildman–Crippen LogP) is 3.26. The molecule has 2 rings (SSSR count). The molecule has 1 aliphatic rings. The second-order valence-corrected chi connectivity index (χ2v) is 4.38. The number of hydrogen-bond acceptors (Lipinski definition) is 2. The molecule has 1 fully saturated rings. The summed E-state index contributed by atoms with van der Waals surface area (Å²) < 4.78 is 155. The van der Waals surface area contributed by atoms with Crippen molar-refractivity contribution in [1.29, 1.82) is 0 Å². The molecule has 0 unspecified atom stereocenters. The molecular weight excluding hydrogens is 290 g/mol. The summed E-state index contributed by atoms with van der Waals surface area (Å²) in [7, 11) is 0. The first kappa shape index (κ1) is 5.08. The molecule has 126 valence electrons. The molecule has 1 amide bonds. The highest BCUT2D eigenvalue weighted by molar-refractivity contribution is 5.85. The van der Waals surface area contributed by atoms with E-state index in [0.717, 1.165) is 12.1 Å². The van der Waals surface area contributed by atoms with Crippen molar-refractivity contribution in [2.24, 2.45) is 17.7 Å². The molecule has 0 heterocycles. The molecule has 4 heteroatoms. The van der Waals surface area contributed by atoms with Crippen LogP contribution in [0.4, 0.5) is 0 Å². The zero-order valence-electron chi connectivity index (χ0n) is 30.7. The molecule has 0 bridgehead atoms. The quantitative estimate of drug-likeness (QED) is 0.838. The number of carbonyl (C=O) groups excluding carboxylic acids is 1. The number of carboxylic acid groups (broad SMARTS) is 1. The van der Waals surface area contributed by atoms with E-state index in [1.165, 1.54) is 23.5 Å². The van der Waals surface area contributed by atoms with Crippen LogP contribution in [0.3, 0.4) is 0 Å². The zero-order chi connectivity index (χ0) is 33.6. The Bertz CT molecular complexity index is 1180. The van der Waals surface area contributed by atoms with Gasteiger partial charge in [-0.05, 0) is 42.8 Å². The molecule has 0 saturated heterocycles. The molecule has 0 aliphatic heterocycles. The fourth-order valence-corrected chi connectivity index (χ4v) is 1.61. The molecule has 2 N–H and O–H groups in total. The fraction of sp³-hybridized carbons (Fsp3) is 0.579. The SMILES string of the molecule is [2H]C([2H])(c1ccccc1)[C@@H](NC(=O)C1([2H])C([2H])([2H])C([2H])([2H])C([2H])(C([2H])(C([2H])([2H])[2H])C([2H])([2H])[2H])C([2H])([2H])C1([2H])[2H])C(=O)O. The minimum absolute atomic E-state index is 0.364. The Morgan fingerprint density at radius 2 is 2.04 bits per heavy atom. The summed E-state index contributed by atoms with van der Waals surface area (Å²) in [5.74, 6) is -18.4. The van der Waals surface area contributed by atoms with E-state index < -0.39 is 81.2 Å². The van der Waals surface area contributed by atoms with E-state index in [4.69, 9.17) is 26.0 Å². The molecule has 4 nitrogen and oxygen atoms in total. The van der Waals surface area contributed by atoms with Gasteiger partial charge in [-0.2, -0.15) is 0 Å². The standard InChI is InChI=1S/C19H27NO3/c1-13(2)15-8-10-16(11-9-15)18(21)20-17(19(22)23)12-14-6-4-3-5-7-14/h3-7,13,15-17H,8-12H2,1-2H3,(H,20,21)(H,22,23)/t15?,16?,17-/m1/s1/i1D3,2D3,8D2,9D2,10D2,11D2,12D2,13D,15D,16D. The number of rotatable bonds is 6. The van der Waals surface area contributed by atoms with Crippen molar-refractivity contribution in [2.45, 2.75) is 51.6 Å². The van der Waals surface area contributed by atoms with E-state index in [-0.39, 0.29) is 5.56 Å². The van der Waals surface area contributed by atoms with E-state index in [1.54, 1.807) is 0 Å². The van der Waals surface area contributed by atoms with Crippen molar-refractivity contribution in [1.82, 2.24) is 5.32 Å². The van der Waals surface area contributed by atoms with Crippen molar-refractivity contribution >= 4 is 11.9 Å². The molecule has 0 radical (unpaired) electrons. The minimum atomic E-state index is -4.74. The van der Waals surface area contributed by atoms with Crippen LogP contribution in [-0.2, 0) is 16.0 Å². The highest BCUT2D eigenvalue weighted by atomic mass is 16.4. The Morgan fingerprint density at radius 1 is 1.39 bits per heavy atom. The topological polar surface area (TPSA) is 66.4 Å². The average Bonchev–Trinajstić information content (AvgIpc) is 2.82. The van der Waals surface area contributed by atoms with E-state index in [2.05, 4.69) is 0 Å². The first-order valence-corrected chi connectivity index (χ1v) is 6.41. The van der Waals surface area contributed by atoms with Crippen LogP contribution in [0.1, 0.15) is 70.8 Å². The van der Waals surface area contributed by atoms with Gasteiger partial charge in [0.05, 0.1) is 0 Å². The van der Waals surface area contributed by atoms with E-state index in [9.17, 15) is 14.7 Å². The van der Waals surface area contributed by atoms with Crippen LogP contribution in [-0.4, -0.2) is 23.0 Å². The molecule has 1 aliphatic carbocycles. The van der Waals surface area contributed by atoms with Gasteiger partial charge in [-0.3, -0.25) is 4.79 Å². The van der Waals surface area contributed by atoms with Crippen molar-refractivity contribution in [3.63, 3.8) is 0 Å². The van der Waals surface area contributed by atoms with Crippen LogP contribution in [0.15, 0.2) is 30.3 Å². The van der Waals surface area contributed by atoms with Gasteiger partial charge in [0.15, 0.2) is 0 Å².